The van der Waals surface area contributed by atoms with Crippen LogP contribution in [-0.4, -0.2) is 15.5 Å². The van der Waals surface area contributed by atoms with Crippen LogP contribution in [0.1, 0.15) is 40.7 Å². The first-order valence-electron chi connectivity index (χ1n) is 8.59. The topological polar surface area (TPSA) is 60.9 Å². The van der Waals surface area contributed by atoms with E-state index in [2.05, 4.69) is 28.6 Å². The number of nitrogens with two attached hydrogens (primary N) is 1. The zero-order chi connectivity index (χ0) is 17.8. The second-order valence-corrected chi connectivity index (χ2v) is 6.21. The molecule has 25 heavy (non-hydrogen) atoms. The van der Waals surface area contributed by atoms with Crippen LogP contribution in [0.2, 0.25) is 0 Å². The van der Waals surface area contributed by atoms with Crippen molar-refractivity contribution in [1.29, 1.82) is 0 Å². The predicted octanol–water partition coefficient (Wildman–Crippen LogP) is 3.96. The molecule has 1 amide bonds. The highest BCUT2D eigenvalue weighted by Crippen LogP contribution is 2.33. The Morgan fingerprint density at radius 3 is 2.52 bits per heavy atom. The van der Waals surface area contributed by atoms with Gasteiger partial charge in [0.05, 0.1) is 5.56 Å². The molecule has 2 N–H and O–H groups in total. The number of aromatic nitrogens is 2. The lowest BCUT2D eigenvalue weighted by Gasteiger charge is -2.13. The van der Waals surface area contributed by atoms with Gasteiger partial charge in [-0.2, -0.15) is 0 Å². The summed E-state index contributed by atoms with van der Waals surface area (Å²) in [7, 11) is 0. The molecule has 4 nitrogen and oxygen atoms in total. The normalized spacial score (nSPS) is 10.8. The van der Waals surface area contributed by atoms with Crippen LogP contribution in [-0.2, 0) is 13.0 Å². The summed E-state index contributed by atoms with van der Waals surface area (Å²) in [6, 6.07) is 14.1. The zero-order valence-electron chi connectivity index (χ0n) is 14.7. The van der Waals surface area contributed by atoms with E-state index >= 15 is 0 Å². The van der Waals surface area contributed by atoms with Gasteiger partial charge in [-0.3, -0.25) is 9.78 Å². The largest absolute Gasteiger partial charge is 0.366 e. The number of primary amides is 1. The molecule has 2 heterocycles. The molecule has 0 fully saturated rings. The van der Waals surface area contributed by atoms with Crippen molar-refractivity contribution in [3.05, 3.63) is 77.4 Å². The quantitative estimate of drug-likeness (QED) is 0.742. The number of hydrogen-bond acceptors (Lipinski definition) is 2. The summed E-state index contributed by atoms with van der Waals surface area (Å²) in [6.07, 6.45) is 5.41. The first-order chi connectivity index (χ1) is 12.1. The van der Waals surface area contributed by atoms with Crippen molar-refractivity contribution in [2.75, 3.05) is 0 Å². The smallest absolute Gasteiger partial charge is 0.251 e. The summed E-state index contributed by atoms with van der Waals surface area (Å²) < 4.78 is 2.22. The van der Waals surface area contributed by atoms with Crippen molar-refractivity contribution in [3.63, 3.8) is 0 Å². The molecule has 0 unspecified atom stereocenters. The molecule has 128 valence electrons. The van der Waals surface area contributed by atoms with Gasteiger partial charge in [0.2, 0.25) is 0 Å². The summed E-state index contributed by atoms with van der Waals surface area (Å²) in [5.74, 6) is -0.388. The van der Waals surface area contributed by atoms with Crippen LogP contribution in [0.25, 0.3) is 11.1 Å². The molecule has 1 aromatic carbocycles. The molecule has 0 saturated carbocycles. The SMILES string of the molecule is CCCc1c(-c2cccnc2)c(C(N)=O)c(C)n1Cc1ccccc1. The maximum atomic E-state index is 12.2. The Labute approximate surface area is 148 Å². The lowest BCUT2D eigenvalue weighted by atomic mass is 9.99. The molecule has 0 aliphatic rings. The minimum Gasteiger partial charge on any atom is -0.366 e. The molecule has 0 radical (unpaired) electrons. The average Bonchev–Trinajstić information content (AvgIpc) is 2.90. The average molecular weight is 333 g/mol. The van der Waals surface area contributed by atoms with Crippen LogP contribution in [0, 0.1) is 6.92 Å². The van der Waals surface area contributed by atoms with Gasteiger partial charge in [-0.15, -0.1) is 0 Å². The molecule has 0 atom stereocenters. The Balaban J connectivity index is 2.22. The highest BCUT2D eigenvalue weighted by Gasteiger charge is 2.24. The molecular weight excluding hydrogens is 310 g/mol. The number of rotatable bonds is 6. The second-order valence-electron chi connectivity index (χ2n) is 6.21. The van der Waals surface area contributed by atoms with Crippen LogP contribution in [0.4, 0.5) is 0 Å². The molecule has 0 spiro atoms. The van der Waals surface area contributed by atoms with Crippen molar-refractivity contribution in [1.82, 2.24) is 9.55 Å². The third-order valence-electron chi connectivity index (χ3n) is 4.50. The first-order valence-corrected chi connectivity index (χ1v) is 8.59. The van der Waals surface area contributed by atoms with Gasteiger partial charge in [-0.25, -0.2) is 0 Å². The number of amides is 1. The van der Waals surface area contributed by atoms with E-state index in [4.69, 9.17) is 5.73 Å². The molecule has 3 aromatic rings. The lowest BCUT2D eigenvalue weighted by molar-refractivity contribution is 0.1000. The van der Waals surface area contributed by atoms with Gasteiger partial charge >= 0.3 is 0 Å². The van der Waals surface area contributed by atoms with Gasteiger partial charge in [0.15, 0.2) is 0 Å². The van der Waals surface area contributed by atoms with E-state index in [0.717, 1.165) is 41.9 Å². The van der Waals surface area contributed by atoms with Gasteiger partial charge in [-0.1, -0.05) is 49.7 Å². The Bertz CT molecular complexity index is 867. The van der Waals surface area contributed by atoms with Crippen molar-refractivity contribution in [3.8, 4) is 11.1 Å². The van der Waals surface area contributed by atoms with Crippen molar-refractivity contribution in [2.45, 2.75) is 33.2 Å². The fraction of sp³-hybridized carbons (Fsp3) is 0.238. The summed E-state index contributed by atoms with van der Waals surface area (Å²) in [4.78, 5) is 16.5. The van der Waals surface area contributed by atoms with Gasteiger partial charge in [0.1, 0.15) is 0 Å². The summed E-state index contributed by atoms with van der Waals surface area (Å²) >= 11 is 0. The highest BCUT2D eigenvalue weighted by atomic mass is 16.1. The van der Waals surface area contributed by atoms with E-state index in [-0.39, 0.29) is 5.91 Å². The van der Waals surface area contributed by atoms with Crippen molar-refractivity contribution >= 4 is 5.91 Å². The number of benzene rings is 1. The summed E-state index contributed by atoms with van der Waals surface area (Å²) in [6.45, 7) is 4.84. The maximum Gasteiger partial charge on any atom is 0.251 e. The van der Waals surface area contributed by atoms with E-state index in [1.807, 2.05) is 37.3 Å². The Hall–Kier alpha value is -2.88. The molecule has 0 bridgehead atoms. The first kappa shape index (κ1) is 17.0. The maximum absolute atomic E-state index is 12.2. The number of pyridine rings is 1. The van der Waals surface area contributed by atoms with Crippen LogP contribution in [0.5, 0.6) is 0 Å². The van der Waals surface area contributed by atoms with Crippen molar-refractivity contribution in [2.24, 2.45) is 5.73 Å². The Morgan fingerprint density at radius 2 is 1.92 bits per heavy atom. The zero-order valence-corrected chi connectivity index (χ0v) is 14.7. The number of carbonyl (C=O) groups excluding carboxylic acids is 1. The third kappa shape index (κ3) is 3.33. The third-order valence-corrected chi connectivity index (χ3v) is 4.50. The molecule has 4 heteroatoms. The second kappa shape index (κ2) is 7.34. The van der Waals surface area contributed by atoms with Crippen LogP contribution in [0.15, 0.2) is 54.9 Å². The fourth-order valence-electron chi connectivity index (χ4n) is 3.40. The molecule has 3 rings (SSSR count). The fourth-order valence-corrected chi connectivity index (χ4v) is 3.40. The summed E-state index contributed by atoms with van der Waals surface area (Å²) in [5, 5.41) is 0. The van der Waals surface area contributed by atoms with E-state index in [9.17, 15) is 4.79 Å². The van der Waals surface area contributed by atoms with Crippen molar-refractivity contribution < 1.29 is 4.79 Å². The monoisotopic (exact) mass is 333 g/mol. The molecule has 0 aliphatic carbocycles. The van der Waals surface area contributed by atoms with E-state index < -0.39 is 0 Å². The molecule has 2 aromatic heterocycles. The van der Waals surface area contributed by atoms with Gasteiger partial charge < -0.3 is 10.3 Å². The number of hydrogen-bond donors (Lipinski definition) is 1. The Morgan fingerprint density at radius 1 is 1.16 bits per heavy atom. The summed E-state index contributed by atoms with van der Waals surface area (Å²) in [5.41, 5.74) is 11.5. The lowest BCUT2D eigenvalue weighted by Crippen LogP contribution is -2.13. The minimum atomic E-state index is -0.388. The standard InChI is InChI=1S/C21H23N3O/c1-3-8-18-20(17-11-7-12-23-13-17)19(21(22)25)15(2)24(18)14-16-9-5-4-6-10-16/h4-7,9-13H,3,8,14H2,1-2H3,(H2,22,25). The Kier molecular flexibility index (Phi) is 4.98. The predicted molar refractivity (Wildman–Crippen MR) is 100 cm³/mol. The number of nitrogens with zero attached hydrogens (tertiary/aromatic N) is 2. The van der Waals surface area contributed by atoms with Gasteiger partial charge in [0.25, 0.3) is 5.91 Å². The number of carbonyl (C=O) groups is 1. The highest BCUT2D eigenvalue weighted by molar-refractivity contribution is 6.02. The van der Waals surface area contributed by atoms with Gasteiger partial charge in [0, 0.05) is 41.5 Å². The van der Waals surface area contributed by atoms with Crippen LogP contribution in [0.3, 0.4) is 0 Å². The van der Waals surface area contributed by atoms with Crippen LogP contribution >= 0.6 is 0 Å². The molecular formula is C21H23N3O. The van der Waals surface area contributed by atoms with E-state index in [0.29, 0.717) is 5.56 Å². The van der Waals surface area contributed by atoms with Gasteiger partial charge in [-0.05, 0) is 25.0 Å². The molecule has 0 saturated heterocycles. The van der Waals surface area contributed by atoms with E-state index in [1.165, 1.54) is 5.56 Å². The minimum absolute atomic E-state index is 0.388. The molecule has 0 aliphatic heterocycles. The van der Waals surface area contributed by atoms with Crippen LogP contribution < -0.4 is 5.73 Å². The van der Waals surface area contributed by atoms with E-state index in [1.54, 1.807) is 12.4 Å².